The van der Waals surface area contributed by atoms with E-state index in [1.165, 1.54) is 11.8 Å². The predicted octanol–water partition coefficient (Wildman–Crippen LogP) is 5.61. The Hall–Kier alpha value is -3.23. The molecule has 0 radical (unpaired) electrons. The first-order chi connectivity index (χ1) is 17.9. The fourth-order valence-electron chi connectivity index (χ4n) is 4.44. The normalized spacial score (nSPS) is 15.4. The van der Waals surface area contributed by atoms with Crippen LogP contribution in [0.3, 0.4) is 0 Å². The zero-order valence-corrected chi connectivity index (χ0v) is 21.5. The number of likely N-dealkylation sites (tertiary alicyclic amines) is 1. The van der Waals surface area contributed by atoms with Crippen LogP contribution in [-0.4, -0.2) is 43.4 Å². The van der Waals surface area contributed by atoms with Gasteiger partial charge in [0.25, 0.3) is 0 Å². The van der Waals surface area contributed by atoms with Crippen LogP contribution in [0.5, 0.6) is 11.8 Å². The maximum absolute atomic E-state index is 11.0. The van der Waals surface area contributed by atoms with Crippen molar-refractivity contribution in [3.8, 4) is 23.0 Å². The van der Waals surface area contributed by atoms with Gasteiger partial charge in [-0.15, -0.1) is 5.10 Å². The average molecular weight is 537 g/mol. The van der Waals surface area contributed by atoms with Gasteiger partial charge in [0.15, 0.2) is 5.75 Å². The number of rotatable bonds is 7. The second-order valence-electron chi connectivity index (χ2n) is 9.19. The highest BCUT2D eigenvalue weighted by Gasteiger charge is 2.33. The summed E-state index contributed by atoms with van der Waals surface area (Å²) < 4.78 is 5.69. The molecule has 1 aromatic heterocycles. The summed E-state index contributed by atoms with van der Waals surface area (Å²) in [6, 6.07) is 21.4. The Morgan fingerprint density at radius 2 is 1.54 bits per heavy atom. The first-order valence-corrected chi connectivity index (χ1v) is 12.7. The number of phenols is 1. The lowest BCUT2D eigenvalue weighted by atomic mass is 9.84. The minimum Gasteiger partial charge on any atom is -0.505 e. The first kappa shape index (κ1) is 25.4. The molecule has 0 aliphatic carbocycles. The Labute approximate surface area is 225 Å². The molecular formula is C28H26Cl2N4O3. The number of phenolic OH excluding ortho intramolecular Hbond substituents is 1. The molecule has 9 heteroatoms. The number of piperidine rings is 1. The average Bonchev–Trinajstić information content (AvgIpc) is 2.93. The van der Waals surface area contributed by atoms with Crippen molar-refractivity contribution < 1.29 is 14.9 Å². The monoisotopic (exact) mass is 536 g/mol. The van der Waals surface area contributed by atoms with Crippen molar-refractivity contribution in [1.29, 1.82) is 0 Å². The van der Waals surface area contributed by atoms with Gasteiger partial charge in [0.2, 0.25) is 0 Å². The molecule has 1 fully saturated rings. The van der Waals surface area contributed by atoms with Crippen LogP contribution < -0.4 is 4.74 Å². The molecule has 5 rings (SSSR count). The Balaban J connectivity index is 1.12. The maximum atomic E-state index is 11.0. The van der Waals surface area contributed by atoms with E-state index in [9.17, 15) is 10.2 Å². The van der Waals surface area contributed by atoms with E-state index >= 15 is 0 Å². The molecule has 37 heavy (non-hydrogen) atoms. The lowest BCUT2D eigenvalue weighted by molar-refractivity contribution is -0.0277. The van der Waals surface area contributed by atoms with Crippen LogP contribution in [0.1, 0.15) is 29.5 Å². The minimum atomic E-state index is -0.738. The summed E-state index contributed by atoms with van der Waals surface area (Å²) in [5, 5.41) is 29.2. The summed E-state index contributed by atoms with van der Waals surface area (Å²) in [5.41, 5.74) is 3.52. The van der Waals surface area contributed by atoms with Gasteiger partial charge in [-0.1, -0.05) is 82.9 Å². The second-order valence-corrected chi connectivity index (χ2v) is 10.0. The zero-order valence-electron chi connectivity index (χ0n) is 20.0. The van der Waals surface area contributed by atoms with Crippen molar-refractivity contribution in [1.82, 2.24) is 20.1 Å². The van der Waals surface area contributed by atoms with E-state index in [0.29, 0.717) is 17.9 Å². The van der Waals surface area contributed by atoms with Crippen LogP contribution in [-0.2, 0) is 18.8 Å². The third-order valence-electron chi connectivity index (χ3n) is 6.64. The predicted molar refractivity (Wildman–Crippen MR) is 143 cm³/mol. The van der Waals surface area contributed by atoms with Crippen LogP contribution in [0.2, 0.25) is 10.0 Å². The molecule has 0 bridgehead atoms. The molecule has 0 amide bonds. The molecule has 0 saturated carbocycles. The number of aromatic nitrogens is 3. The molecule has 0 unspecified atom stereocenters. The number of benzene rings is 3. The standard InChI is InChI=1S/C28H26Cl2N4O3/c29-23-14-21(15-24(30)26(23)35)25-16-31-27(33-32-25)37-18-20-8-6-19(7-9-20)17-34-12-10-28(36,11-13-34)22-4-2-1-3-5-22/h1-9,14-16,35-36H,10-13,17-18H2. The molecule has 3 aromatic carbocycles. The number of aliphatic hydroxyl groups is 1. The molecule has 7 nitrogen and oxygen atoms in total. The molecule has 190 valence electrons. The number of ether oxygens (including phenoxy) is 1. The number of nitrogens with zero attached hydrogens (tertiary/aromatic N) is 4. The summed E-state index contributed by atoms with van der Waals surface area (Å²) in [6.07, 6.45) is 2.97. The van der Waals surface area contributed by atoms with E-state index < -0.39 is 5.60 Å². The van der Waals surface area contributed by atoms with Gasteiger partial charge < -0.3 is 14.9 Å². The van der Waals surface area contributed by atoms with E-state index in [2.05, 4.69) is 32.2 Å². The van der Waals surface area contributed by atoms with Gasteiger partial charge in [-0.2, -0.15) is 0 Å². The van der Waals surface area contributed by atoms with E-state index in [1.54, 1.807) is 12.1 Å². The fourth-order valence-corrected chi connectivity index (χ4v) is 4.93. The largest absolute Gasteiger partial charge is 0.505 e. The molecule has 4 aromatic rings. The van der Waals surface area contributed by atoms with E-state index in [-0.39, 0.29) is 21.8 Å². The van der Waals surface area contributed by atoms with E-state index in [1.807, 2.05) is 42.5 Å². The number of hydrogen-bond acceptors (Lipinski definition) is 7. The van der Waals surface area contributed by atoms with Crippen molar-refractivity contribution in [2.24, 2.45) is 0 Å². The highest BCUT2D eigenvalue weighted by molar-refractivity contribution is 6.37. The van der Waals surface area contributed by atoms with Crippen LogP contribution >= 0.6 is 23.2 Å². The Kier molecular flexibility index (Phi) is 7.58. The van der Waals surface area contributed by atoms with Gasteiger partial charge in [0.05, 0.1) is 21.8 Å². The van der Waals surface area contributed by atoms with Gasteiger partial charge in [-0.05, 0) is 41.7 Å². The van der Waals surface area contributed by atoms with Crippen LogP contribution in [0.15, 0.2) is 72.9 Å². The highest BCUT2D eigenvalue weighted by Crippen LogP contribution is 2.36. The minimum absolute atomic E-state index is 0.127. The zero-order chi connectivity index (χ0) is 25.8. The van der Waals surface area contributed by atoms with Gasteiger partial charge in [-0.25, -0.2) is 4.98 Å². The quantitative estimate of drug-likeness (QED) is 0.317. The molecular weight excluding hydrogens is 511 g/mol. The lowest BCUT2D eigenvalue weighted by Gasteiger charge is -2.38. The number of aromatic hydroxyl groups is 1. The SMILES string of the molecule is Oc1c(Cl)cc(-c2cnc(OCc3ccc(CN4CCC(O)(c5ccccc5)CC4)cc3)nn2)cc1Cl. The summed E-state index contributed by atoms with van der Waals surface area (Å²) in [5.74, 6) is -0.176. The Morgan fingerprint density at radius 1 is 0.892 bits per heavy atom. The van der Waals surface area contributed by atoms with Gasteiger partial charge >= 0.3 is 6.01 Å². The van der Waals surface area contributed by atoms with E-state index in [0.717, 1.165) is 43.6 Å². The summed E-state index contributed by atoms with van der Waals surface area (Å²) in [6.45, 7) is 2.84. The molecule has 2 N–H and O–H groups in total. The molecule has 1 aliphatic rings. The first-order valence-electron chi connectivity index (χ1n) is 12.0. The molecule has 2 heterocycles. The smallest absolute Gasteiger partial charge is 0.336 e. The molecule has 1 aliphatic heterocycles. The lowest BCUT2D eigenvalue weighted by Crippen LogP contribution is -2.42. The molecule has 0 atom stereocenters. The molecule has 0 spiro atoms. The second kappa shape index (κ2) is 11.0. The Morgan fingerprint density at radius 3 is 2.16 bits per heavy atom. The van der Waals surface area contributed by atoms with E-state index in [4.69, 9.17) is 27.9 Å². The third-order valence-corrected chi connectivity index (χ3v) is 7.22. The van der Waals surface area contributed by atoms with Crippen molar-refractivity contribution in [3.05, 3.63) is 99.7 Å². The van der Waals surface area contributed by atoms with Crippen LogP contribution in [0.4, 0.5) is 0 Å². The number of halogens is 2. The fraction of sp³-hybridized carbons (Fsp3) is 0.250. The third kappa shape index (κ3) is 6.02. The van der Waals surface area contributed by atoms with Gasteiger partial charge in [0, 0.05) is 25.2 Å². The van der Waals surface area contributed by atoms with Crippen molar-refractivity contribution >= 4 is 23.2 Å². The highest BCUT2D eigenvalue weighted by atomic mass is 35.5. The van der Waals surface area contributed by atoms with Crippen LogP contribution in [0, 0.1) is 0 Å². The topological polar surface area (TPSA) is 91.6 Å². The number of hydrogen-bond donors (Lipinski definition) is 2. The van der Waals surface area contributed by atoms with Gasteiger partial charge in [0.1, 0.15) is 12.3 Å². The summed E-state index contributed by atoms with van der Waals surface area (Å²) in [7, 11) is 0. The van der Waals surface area contributed by atoms with Crippen molar-refractivity contribution in [2.75, 3.05) is 13.1 Å². The Bertz CT molecular complexity index is 1320. The molecule has 1 saturated heterocycles. The van der Waals surface area contributed by atoms with Crippen molar-refractivity contribution in [3.63, 3.8) is 0 Å². The summed E-state index contributed by atoms with van der Waals surface area (Å²) >= 11 is 12.0. The maximum Gasteiger partial charge on any atom is 0.336 e. The van der Waals surface area contributed by atoms with Crippen LogP contribution in [0.25, 0.3) is 11.3 Å². The van der Waals surface area contributed by atoms with Gasteiger partial charge in [-0.3, -0.25) is 4.90 Å². The summed E-state index contributed by atoms with van der Waals surface area (Å²) in [4.78, 5) is 6.58. The van der Waals surface area contributed by atoms with Crippen molar-refractivity contribution in [2.45, 2.75) is 31.6 Å².